The van der Waals surface area contributed by atoms with Gasteiger partial charge in [0.2, 0.25) is 0 Å². The molecule has 1 aromatic rings. The Hall–Kier alpha value is -1.77. The zero-order valence-corrected chi connectivity index (χ0v) is 15.9. The number of benzene rings is 1. The second kappa shape index (κ2) is 7.46. The van der Waals surface area contributed by atoms with Crippen molar-refractivity contribution in [3.05, 3.63) is 40.4 Å². The van der Waals surface area contributed by atoms with Crippen LogP contribution in [0.15, 0.2) is 17.6 Å². The van der Waals surface area contributed by atoms with E-state index < -0.39 is 41.5 Å². The van der Waals surface area contributed by atoms with Crippen LogP contribution in [-0.2, 0) is 14.0 Å². The summed E-state index contributed by atoms with van der Waals surface area (Å²) in [5.41, 5.74) is -0.843. The second-order valence-electron chi connectivity index (χ2n) is 7.19. The van der Waals surface area contributed by atoms with Gasteiger partial charge in [-0.2, -0.15) is 0 Å². The average molecular weight is 367 g/mol. The highest BCUT2D eigenvalue weighted by Crippen LogP contribution is 2.38. The van der Waals surface area contributed by atoms with E-state index >= 15 is 0 Å². The highest BCUT2D eigenvalue weighted by molar-refractivity contribution is 6.55. The molecule has 1 aromatic carbocycles. The van der Waals surface area contributed by atoms with Crippen LogP contribution in [0.25, 0.3) is 6.08 Å². The summed E-state index contributed by atoms with van der Waals surface area (Å²) in [7, 11) is 2.16. The average Bonchev–Trinajstić information content (AvgIpc) is 2.74. The maximum atomic E-state index is 14.2. The van der Waals surface area contributed by atoms with E-state index in [1.807, 2.05) is 27.7 Å². The molecule has 1 aliphatic heterocycles. The third-order valence-electron chi connectivity index (χ3n) is 4.74. The lowest BCUT2D eigenvalue weighted by Crippen LogP contribution is -2.41. The first-order valence-corrected chi connectivity index (χ1v) is 8.30. The molecule has 5 nitrogen and oxygen atoms in total. The topological polar surface area (TPSA) is 56.8 Å². The summed E-state index contributed by atoms with van der Waals surface area (Å²) in [4.78, 5) is 11.5. The summed E-state index contributed by atoms with van der Waals surface area (Å²) in [6.07, 6.45) is 1.59. The van der Waals surface area contributed by atoms with Crippen molar-refractivity contribution in [2.24, 2.45) is 0 Å². The van der Waals surface area contributed by atoms with E-state index in [2.05, 4.69) is 10.1 Å². The van der Waals surface area contributed by atoms with Crippen LogP contribution in [0, 0.1) is 11.6 Å². The van der Waals surface area contributed by atoms with Gasteiger partial charge in [0.1, 0.15) is 17.2 Å². The number of carbonyl (C=O) groups excluding carboxylic acids is 1. The fourth-order valence-electron chi connectivity index (χ4n) is 2.59. The van der Waals surface area contributed by atoms with Crippen LogP contribution in [0.1, 0.15) is 43.6 Å². The van der Waals surface area contributed by atoms with Crippen molar-refractivity contribution in [1.82, 2.24) is 5.32 Å². The summed E-state index contributed by atoms with van der Waals surface area (Å²) >= 11 is 0. The Labute approximate surface area is 152 Å². The molecule has 0 amide bonds. The van der Waals surface area contributed by atoms with Crippen molar-refractivity contribution in [3.63, 3.8) is 0 Å². The van der Waals surface area contributed by atoms with Gasteiger partial charge in [-0.25, -0.2) is 13.6 Å². The number of halogens is 2. The number of nitrogens with one attached hydrogen (secondary N) is 1. The monoisotopic (exact) mass is 367 g/mol. The number of hydrogen-bond acceptors (Lipinski definition) is 5. The number of methoxy groups -OCH3 is 1. The van der Waals surface area contributed by atoms with Crippen LogP contribution >= 0.6 is 0 Å². The molecule has 2 rings (SSSR count). The highest BCUT2D eigenvalue weighted by atomic mass is 19.1. The van der Waals surface area contributed by atoms with E-state index in [-0.39, 0.29) is 5.56 Å². The first kappa shape index (κ1) is 20.5. The lowest BCUT2D eigenvalue weighted by atomic mass is 9.77. The highest BCUT2D eigenvalue weighted by Gasteiger charge is 2.52. The van der Waals surface area contributed by atoms with Gasteiger partial charge in [-0.1, -0.05) is 6.08 Å². The number of hydrogen-bond donors (Lipinski definition) is 1. The molecule has 0 unspecified atom stereocenters. The Morgan fingerprint density at radius 1 is 1.19 bits per heavy atom. The van der Waals surface area contributed by atoms with E-state index in [0.717, 1.165) is 19.2 Å². The van der Waals surface area contributed by atoms with E-state index in [9.17, 15) is 13.6 Å². The van der Waals surface area contributed by atoms with Crippen LogP contribution in [0.5, 0.6) is 0 Å². The maximum Gasteiger partial charge on any atom is 0.491 e. The number of carbonyl (C=O) groups is 1. The predicted octanol–water partition coefficient (Wildman–Crippen LogP) is 2.99. The van der Waals surface area contributed by atoms with Gasteiger partial charge < -0.3 is 19.4 Å². The molecular formula is C18H24BF2NO4. The molecule has 1 N–H and O–H groups in total. The van der Waals surface area contributed by atoms with Gasteiger partial charge in [-0.3, -0.25) is 0 Å². The van der Waals surface area contributed by atoms with E-state index in [1.54, 1.807) is 13.1 Å². The molecule has 0 atom stereocenters. The molecule has 8 heteroatoms. The van der Waals surface area contributed by atoms with Crippen LogP contribution in [0.2, 0.25) is 0 Å². The minimum Gasteiger partial charge on any atom is -0.465 e. The van der Waals surface area contributed by atoms with Gasteiger partial charge in [0, 0.05) is 6.54 Å². The van der Waals surface area contributed by atoms with Crippen molar-refractivity contribution in [1.29, 1.82) is 0 Å². The molecule has 1 aliphatic rings. The minimum atomic E-state index is -1.06. The number of esters is 1. The standard InChI is InChI=1S/C18H24BF2NO4/c1-17(2)18(3,4)26-19(25-17)12(10-22-5)7-11-8-13(20)15(14(21)9-11)16(23)24-6/h7-9,22H,10H2,1-6H3. The molecule has 0 aliphatic carbocycles. The Morgan fingerprint density at radius 2 is 1.69 bits per heavy atom. The molecule has 0 radical (unpaired) electrons. The zero-order chi connectivity index (χ0) is 19.7. The SMILES string of the molecule is CNCC(=Cc1cc(F)c(C(=O)OC)c(F)c1)B1OC(C)(C)C(C)(C)O1. The molecule has 1 heterocycles. The fourth-order valence-corrected chi connectivity index (χ4v) is 2.59. The molecule has 0 spiro atoms. The molecular weight excluding hydrogens is 343 g/mol. The number of rotatable bonds is 5. The number of ether oxygens (including phenoxy) is 1. The predicted molar refractivity (Wildman–Crippen MR) is 95.7 cm³/mol. The maximum absolute atomic E-state index is 14.2. The van der Waals surface area contributed by atoms with Gasteiger partial charge in [-0.15, -0.1) is 0 Å². The summed E-state index contributed by atoms with van der Waals surface area (Å²) in [5.74, 6) is -3.03. The van der Waals surface area contributed by atoms with Crippen LogP contribution in [0.3, 0.4) is 0 Å². The third-order valence-corrected chi connectivity index (χ3v) is 4.74. The van der Waals surface area contributed by atoms with Crippen molar-refractivity contribution in [2.75, 3.05) is 20.7 Å². The Morgan fingerprint density at radius 3 is 2.12 bits per heavy atom. The smallest absolute Gasteiger partial charge is 0.465 e. The van der Waals surface area contributed by atoms with Gasteiger partial charge >= 0.3 is 13.1 Å². The molecule has 1 fully saturated rings. The van der Waals surface area contributed by atoms with Gasteiger partial charge in [-0.05, 0) is 57.9 Å². The normalized spacial score (nSPS) is 18.9. The van der Waals surface area contributed by atoms with Gasteiger partial charge in [0.05, 0.1) is 18.3 Å². The summed E-state index contributed by atoms with van der Waals surface area (Å²) in [5, 5.41) is 3.00. The Bertz CT molecular complexity index is 695. The van der Waals surface area contributed by atoms with Crippen LogP contribution in [-0.4, -0.2) is 45.0 Å². The molecule has 142 valence electrons. The summed E-state index contributed by atoms with van der Waals surface area (Å²) in [6, 6.07) is 2.16. The molecule has 26 heavy (non-hydrogen) atoms. The first-order chi connectivity index (χ1) is 12.0. The molecule has 0 bridgehead atoms. The largest absolute Gasteiger partial charge is 0.491 e. The van der Waals surface area contributed by atoms with Crippen molar-refractivity contribution < 1.29 is 27.6 Å². The van der Waals surface area contributed by atoms with Gasteiger partial charge in [0.15, 0.2) is 0 Å². The van der Waals surface area contributed by atoms with Crippen molar-refractivity contribution in [3.8, 4) is 0 Å². The fraction of sp³-hybridized carbons (Fsp3) is 0.500. The van der Waals surface area contributed by atoms with E-state index in [0.29, 0.717) is 12.0 Å². The summed E-state index contributed by atoms with van der Waals surface area (Å²) in [6.45, 7) is 8.10. The third kappa shape index (κ3) is 3.97. The van der Waals surface area contributed by atoms with Crippen molar-refractivity contribution in [2.45, 2.75) is 38.9 Å². The summed E-state index contributed by atoms with van der Waals surface area (Å²) < 4.78 is 44.7. The van der Waals surface area contributed by atoms with Gasteiger partial charge in [0.25, 0.3) is 0 Å². The van der Waals surface area contributed by atoms with E-state index in [4.69, 9.17) is 9.31 Å². The minimum absolute atomic E-state index is 0.257. The zero-order valence-electron chi connectivity index (χ0n) is 15.9. The first-order valence-electron chi connectivity index (χ1n) is 8.30. The number of likely N-dealkylation sites (N-methyl/N-ethyl adjacent to an activating group) is 1. The Balaban J connectivity index is 2.40. The molecule has 0 saturated carbocycles. The van der Waals surface area contributed by atoms with Crippen LogP contribution in [0.4, 0.5) is 8.78 Å². The second-order valence-corrected chi connectivity index (χ2v) is 7.19. The van der Waals surface area contributed by atoms with E-state index in [1.165, 1.54) is 0 Å². The lowest BCUT2D eigenvalue weighted by molar-refractivity contribution is 0.00578. The molecule has 1 saturated heterocycles. The molecule has 0 aromatic heterocycles. The van der Waals surface area contributed by atoms with Crippen LogP contribution < -0.4 is 5.32 Å². The Kier molecular flexibility index (Phi) is 5.90. The van der Waals surface area contributed by atoms with Crippen molar-refractivity contribution >= 4 is 19.2 Å². The lowest BCUT2D eigenvalue weighted by Gasteiger charge is -2.32. The quantitative estimate of drug-likeness (QED) is 0.641.